The number of carboxylic acid groups (broad SMARTS) is 1. The minimum absolute atomic E-state index is 0.527. The number of methoxy groups -OCH3 is 1. The van der Waals surface area contributed by atoms with Crippen molar-refractivity contribution in [3.05, 3.63) is 34.3 Å². The number of benzene rings is 1. The zero-order valence-corrected chi connectivity index (χ0v) is 13.7. The van der Waals surface area contributed by atoms with Gasteiger partial charge in [0.1, 0.15) is 0 Å². The van der Waals surface area contributed by atoms with Gasteiger partial charge in [0.05, 0.1) is 6.61 Å². The van der Waals surface area contributed by atoms with Gasteiger partial charge in [-0.2, -0.15) is 0 Å². The van der Waals surface area contributed by atoms with Gasteiger partial charge in [-0.1, -0.05) is 22.0 Å². The molecular formula is C16H20BrNO3. The monoisotopic (exact) mass is 353 g/mol. The molecule has 21 heavy (non-hydrogen) atoms. The van der Waals surface area contributed by atoms with Gasteiger partial charge in [-0.15, -0.1) is 0 Å². The van der Waals surface area contributed by atoms with Gasteiger partial charge in [-0.3, -0.25) is 0 Å². The quantitative estimate of drug-likeness (QED) is 0.824. The topological polar surface area (TPSA) is 49.8 Å². The molecule has 114 valence electrons. The van der Waals surface area contributed by atoms with Crippen molar-refractivity contribution in [2.75, 3.05) is 31.7 Å². The molecule has 0 aliphatic carbocycles. The molecule has 1 heterocycles. The first-order valence-corrected chi connectivity index (χ1v) is 7.84. The molecule has 5 heteroatoms. The van der Waals surface area contributed by atoms with Crippen molar-refractivity contribution in [3.63, 3.8) is 0 Å². The summed E-state index contributed by atoms with van der Waals surface area (Å²) in [5.41, 5.74) is 2.00. The van der Waals surface area contributed by atoms with Crippen LogP contribution in [-0.2, 0) is 9.53 Å². The van der Waals surface area contributed by atoms with Crippen molar-refractivity contribution in [2.24, 2.45) is 5.92 Å². The van der Waals surface area contributed by atoms with E-state index in [4.69, 9.17) is 9.84 Å². The lowest BCUT2D eigenvalue weighted by molar-refractivity contribution is -0.131. The fourth-order valence-corrected chi connectivity index (χ4v) is 3.10. The van der Waals surface area contributed by atoms with E-state index in [0.717, 1.165) is 41.8 Å². The highest BCUT2D eigenvalue weighted by Crippen LogP contribution is 2.30. The maximum Gasteiger partial charge on any atom is 0.328 e. The Kier molecular flexibility index (Phi) is 5.82. The maximum absolute atomic E-state index is 10.7. The number of aliphatic carboxylic acids is 1. The lowest BCUT2D eigenvalue weighted by atomic mass is 9.97. The summed E-state index contributed by atoms with van der Waals surface area (Å²) in [6, 6.07) is 5.93. The molecule has 1 saturated heterocycles. The van der Waals surface area contributed by atoms with Crippen molar-refractivity contribution in [3.8, 4) is 0 Å². The molecule has 1 aromatic carbocycles. The van der Waals surface area contributed by atoms with Gasteiger partial charge in [-0.25, -0.2) is 4.79 Å². The number of ether oxygens (including phenoxy) is 1. The van der Waals surface area contributed by atoms with E-state index in [9.17, 15) is 4.79 Å². The third-order valence-corrected chi connectivity index (χ3v) is 4.15. The molecule has 1 aliphatic rings. The molecule has 2 rings (SSSR count). The molecule has 0 amide bonds. The molecule has 0 saturated carbocycles. The molecule has 1 aliphatic heterocycles. The molecule has 4 nitrogen and oxygen atoms in total. The summed E-state index contributed by atoms with van der Waals surface area (Å²) >= 11 is 3.50. The predicted octanol–water partition coefficient (Wildman–Crippen LogP) is 3.41. The van der Waals surface area contributed by atoms with Gasteiger partial charge in [0, 0.05) is 36.4 Å². The van der Waals surface area contributed by atoms with Crippen LogP contribution in [0.1, 0.15) is 18.4 Å². The minimum Gasteiger partial charge on any atom is -0.478 e. The highest BCUT2D eigenvalue weighted by molar-refractivity contribution is 9.10. The van der Waals surface area contributed by atoms with Crippen LogP contribution in [0, 0.1) is 5.92 Å². The van der Waals surface area contributed by atoms with Crippen LogP contribution >= 0.6 is 15.9 Å². The first-order chi connectivity index (χ1) is 10.1. The molecular weight excluding hydrogens is 334 g/mol. The van der Waals surface area contributed by atoms with Crippen LogP contribution in [-0.4, -0.2) is 37.9 Å². The number of halogens is 1. The number of rotatable bonds is 5. The van der Waals surface area contributed by atoms with Crippen LogP contribution in [0.3, 0.4) is 0 Å². The van der Waals surface area contributed by atoms with Crippen molar-refractivity contribution < 1.29 is 14.6 Å². The summed E-state index contributed by atoms with van der Waals surface area (Å²) in [6.07, 6.45) is 5.15. The van der Waals surface area contributed by atoms with Gasteiger partial charge in [-0.05, 0) is 42.5 Å². The molecule has 1 unspecified atom stereocenters. The molecule has 1 N–H and O–H groups in total. The van der Waals surface area contributed by atoms with Crippen LogP contribution < -0.4 is 4.90 Å². The Bertz CT molecular complexity index is 528. The average molecular weight is 354 g/mol. The summed E-state index contributed by atoms with van der Waals surface area (Å²) in [6.45, 7) is 2.70. The van der Waals surface area contributed by atoms with Crippen molar-refractivity contribution in [1.82, 2.24) is 0 Å². The summed E-state index contributed by atoms with van der Waals surface area (Å²) in [5, 5.41) is 8.82. The highest BCUT2D eigenvalue weighted by Gasteiger charge is 2.21. The number of anilines is 1. The number of hydrogen-bond acceptors (Lipinski definition) is 3. The van der Waals surface area contributed by atoms with Crippen LogP contribution in [0.5, 0.6) is 0 Å². The first-order valence-electron chi connectivity index (χ1n) is 7.04. The summed E-state index contributed by atoms with van der Waals surface area (Å²) in [4.78, 5) is 13.1. The Hall–Kier alpha value is -1.33. The van der Waals surface area contributed by atoms with Gasteiger partial charge in [0.15, 0.2) is 0 Å². The van der Waals surface area contributed by atoms with E-state index in [2.05, 4.69) is 26.9 Å². The molecule has 1 atom stereocenters. The summed E-state index contributed by atoms with van der Waals surface area (Å²) < 4.78 is 6.27. The summed E-state index contributed by atoms with van der Waals surface area (Å²) in [7, 11) is 1.74. The number of piperidine rings is 1. The van der Waals surface area contributed by atoms with Gasteiger partial charge in [0.2, 0.25) is 0 Å². The Morgan fingerprint density at radius 2 is 2.38 bits per heavy atom. The fourth-order valence-electron chi connectivity index (χ4n) is 2.75. The Balaban J connectivity index is 2.24. The normalized spacial score (nSPS) is 19.1. The van der Waals surface area contributed by atoms with E-state index in [1.54, 1.807) is 13.2 Å². The Labute approximate surface area is 133 Å². The highest BCUT2D eigenvalue weighted by atomic mass is 79.9. The second kappa shape index (κ2) is 7.61. The largest absolute Gasteiger partial charge is 0.478 e. The fraction of sp³-hybridized carbons (Fsp3) is 0.438. The lowest BCUT2D eigenvalue weighted by Gasteiger charge is -2.35. The van der Waals surface area contributed by atoms with Crippen LogP contribution in [0.4, 0.5) is 5.69 Å². The lowest BCUT2D eigenvalue weighted by Crippen LogP contribution is -2.37. The molecule has 0 bridgehead atoms. The van der Waals surface area contributed by atoms with E-state index in [0.29, 0.717) is 5.92 Å². The molecule has 1 fully saturated rings. The van der Waals surface area contributed by atoms with Crippen LogP contribution in [0.25, 0.3) is 6.08 Å². The Morgan fingerprint density at radius 3 is 3.10 bits per heavy atom. The second-order valence-electron chi connectivity index (χ2n) is 5.28. The van der Waals surface area contributed by atoms with Gasteiger partial charge in [0.25, 0.3) is 0 Å². The van der Waals surface area contributed by atoms with E-state index >= 15 is 0 Å². The minimum atomic E-state index is -0.931. The third kappa shape index (κ3) is 4.58. The van der Waals surface area contributed by atoms with Gasteiger partial charge >= 0.3 is 5.97 Å². The third-order valence-electron chi connectivity index (χ3n) is 3.66. The second-order valence-corrected chi connectivity index (χ2v) is 6.20. The van der Waals surface area contributed by atoms with E-state index < -0.39 is 5.97 Å². The van der Waals surface area contributed by atoms with E-state index in [-0.39, 0.29) is 0 Å². The van der Waals surface area contributed by atoms with E-state index in [1.807, 2.05) is 12.1 Å². The average Bonchev–Trinajstić information content (AvgIpc) is 2.46. The van der Waals surface area contributed by atoms with E-state index in [1.165, 1.54) is 12.5 Å². The number of carbonyl (C=O) groups is 1. The Morgan fingerprint density at radius 1 is 1.57 bits per heavy atom. The maximum atomic E-state index is 10.7. The number of nitrogens with zero attached hydrogens (tertiary/aromatic N) is 1. The molecule has 1 aromatic rings. The smallest absolute Gasteiger partial charge is 0.328 e. The molecule has 0 spiro atoms. The van der Waals surface area contributed by atoms with Crippen molar-refractivity contribution in [2.45, 2.75) is 12.8 Å². The summed E-state index contributed by atoms with van der Waals surface area (Å²) in [5.74, 6) is -0.404. The van der Waals surface area contributed by atoms with Crippen LogP contribution in [0.15, 0.2) is 28.7 Å². The molecule has 0 aromatic heterocycles. The zero-order chi connectivity index (χ0) is 15.2. The first kappa shape index (κ1) is 16.0. The van der Waals surface area contributed by atoms with Crippen molar-refractivity contribution in [1.29, 1.82) is 0 Å². The molecule has 0 radical (unpaired) electrons. The standard InChI is InChI=1S/C16H20BrNO3/c1-21-11-12-3-2-8-18(10-12)15-9-14(17)6-4-13(15)5-7-16(19)20/h4-7,9,12H,2-3,8,10-11H2,1H3,(H,19,20)/b7-5+. The zero-order valence-electron chi connectivity index (χ0n) is 12.1. The SMILES string of the molecule is COCC1CCCN(c2cc(Br)ccc2/C=C/C(=O)O)C1. The van der Waals surface area contributed by atoms with Crippen molar-refractivity contribution >= 4 is 33.7 Å². The number of hydrogen-bond donors (Lipinski definition) is 1. The predicted molar refractivity (Wildman–Crippen MR) is 87.6 cm³/mol. The number of carboxylic acids is 1. The van der Waals surface area contributed by atoms with Gasteiger partial charge < -0.3 is 14.7 Å². The van der Waals surface area contributed by atoms with Crippen LogP contribution in [0.2, 0.25) is 0 Å².